The summed E-state index contributed by atoms with van der Waals surface area (Å²) in [5, 5.41) is 10.1. The fourth-order valence-electron chi connectivity index (χ4n) is 1.49. The third-order valence-corrected chi connectivity index (χ3v) is 4.01. The lowest BCUT2D eigenvalue weighted by molar-refractivity contribution is 0.193. The van der Waals surface area contributed by atoms with Gasteiger partial charge in [-0.1, -0.05) is 20.8 Å². The van der Waals surface area contributed by atoms with Crippen molar-refractivity contribution in [3.05, 3.63) is 46.0 Å². The summed E-state index contributed by atoms with van der Waals surface area (Å²) in [6.07, 6.45) is 0.938. The fraction of sp³-hybridized carbons (Fsp3) is 0.385. The van der Waals surface area contributed by atoms with E-state index in [1.165, 1.54) is 4.88 Å². The van der Waals surface area contributed by atoms with Gasteiger partial charge in [-0.05, 0) is 29.7 Å². The van der Waals surface area contributed by atoms with Gasteiger partial charge in [-0.25, -0.2) is 0 Å². The van der Waals surface area contributed by atoms with Gasteiger partial charge in [-0.2, -0.15) is 0 Å². The predicted octanol–water partition coefficient (Wildman–Crippen LogP) is 3.72. The van der Waals surface area contributed by atoms with Crippen LogP contribution in [-0.4, -0.2) is 5.11 Å². The fourth-order valence-corrected chi connectivity index (χ4v) is 2.55. The molecule has 0 amide bonds. The van der Waals surface area contributed by atoms with Gasteiger partial charge in [0.25, 0.3) is 0 Å². The van der Waals surface area contributed by atoms with Crippen LogP contribution in [0.25, 0.3) is 0 Å². The zero-order chi connectivity index (χ0) is 11.8. The average Bonchev–Trinajstić information content (AvgIpc) is 2.87. The number of furan rings is 1. The number of hydrogen-bond donors (Lipinski definition) is 1. The van der Waals surface area contributed by atoms with Gasteiger partial charge >= 0.3 is 0 Å². The molecule has 2 aromatic heterocycles. The lowest BCUT2D eigenvalue weighted by atomic mass is 9.95. The van der Waals surface area contributed by atoms with Gasteiger partial charge in [0.15, 0.2) is 0 Å². The number of hydrogen-bond acceptors (Lipinski definition) is 3. The van der Waals surface area contributed by atoms with Crippen LogP contribution >= 0.6 is 11.3 Å². The molecule has 2 aromatic rings. The first-order valence-corrected chi connectivity index (χ1v) is 6.12. The highest BCUT2D eigenvalue weighted by Gasteiger charge is 2.20. The van der Waals surface area contributed by atoms with E-state index in [0.717, 1.165) is 4.88 Å². The Balaban J connectivity index is 2.26. The Kier molecular flexibility index (Phi) is 2.91. The van der Waals surface area contributed by atoms with Gasteiger partial charge in [-0.3, -0.25) is 0 Å². The van der Waals surface area contributed by atoms with E-state index >= 15 is 0 Å². The number of aliphatic hydroxyl groups excluding tert-OH is 1. The minimum Gasteiger partial charge on any atom is -0.466 e. The van der Waals surface area contributed by atoms with Crippen molar-refractivity contribution in [2.24, 2.45) is 0 Å². The number of rotatable bonds is 2. The predicted molar refractivity (Wildman–Crippen MR) is 65.8 cm³/mol. The van der Waals surface area contributed by atoms with Crippen LogP contribution in [-0.2, 0) is 5.41 Å². The molecule has 0 radical (unpaired) electrons. The maximum absolute atomic E-state index is 10.1. The van der Waals surface area contributed by atoms with Crippen molar-refractivity contribution in [3.63, 3.8) is 0 Å². The molecular weight excluding hydrogens is 220 g/mol. The average molecular weight is 236 g/mol. The summed E-state index contributed by atoms with van der Waals surface area (Å²) in [4.78, 5) is 2.20. The van der Waals surface area contributed by atoms with Crippen molar-refractivity contribution in [2.45, 2.75) is 32.3 Å². The van der Waals surface area contributed by atoms with Crippen LogP contribution in [0.4, 0.5) is 0 Å². The normalized spacial score (nSPS) is 14.0. The topological polar surface area (TPSA) is 33.4 Å². The van der Waals surface area contributed by atoms with Gasteiger partial charge in [0.2, 0.25) is 0 Å². The maximum Gasteiger partial charge on any atom is 0.146 e. The van der Waals surface area contributed by atoms with E-state index in [-0.39, 0.29) is 5.41 Å². The first kappa shape index (κ1) is 11.4. The highest BCUT2D eigenvalue weighted by molar-refractivity contribution is 7.12. The molecule has 0 fully saturated rings. The molecule has 16 heavy (non-hydrogen) atoms. The Bertz CT molecular complexity index is 448. The second-order valence-corrected chi connectivity index (χ2v) is 5.99. The minimum absolute atomic E-state index is 0.131. The van der Waals surface area contributed by atoms with Gasteiger partial charge in [0.1, 0.15) is 11.9 Å². The van der Waals surface area contributed by atoms with E-state index in [0.29, 0.717) is 5.76 Å². The Morgan fingerprint density at radius 1 is 1.25 bits per heavy atom. The van der Waals surface area contributed by atoms with Crippen molar-refractivity contribution in [1.29, 1.82) is 0 Å². The van der Waals surface area contributed by atoms with E-state index in [4.69, 9.17) is 4.42 Å². The minimum atomic E-state index is -0.643. The maximum atomic E-state index is 10.1. The third kappa shape index (κ3) is 2.20. The van der Waals surface area contributed by atoms with E-state index in [1.54, 1.807) is 29.7 Å². The Morgan fingerprint density at radius 2 is 2.00 bits per heavy atom. The molecule has 1 atom stereocenters. The Labute approximate surface area is 99.5 Å². The highest BCUT2D eigenvalue weighted by Crippen LogP contribution is 2.34. The first-order valence-electron chi connectivity index (χ1n) is 5.30. The van der Waals surface area contributed by atoms with Crippen LogP contribution in [0.2, 0.25) is 0 Å². The molecular formula is C13H16O2S. The van der Waals surface area contributed by atoms with Gasteiger partial charge in [0.05, 0.1) is 6.26 Å². The van der Waals surface area contributed by atoms with Crippen molar-refractivity contribution in [2.75, 3.05) is 0 Å². The van der Waals surface area contributed by atoms with Crippen molar-refractivity contribution < 1.29 is 9.52 Å². The highest BCUT2D eigenvalue weighted by atomic mass is 32.1. The summed E-state index contributed by atoms with van der Waals surface area (Å²) in [6, 6.07) is 7.63. The summed E-state index contributed by atoms with van der Waals surface area (Å²) in [7, 11) is 0. The zero-order valence-corrected chi connectivity index (χ0v) is 10.5. The molecule has 1 N–H and O–H groups in total. The monoisotopic (exact) mass is 236 g/mol. The molecule has 2 heterocycles. The molecule has 1 unspecified atom stereocenters. The second-order valence-electron chi connectivity index (χ2n) is 4.87. The molecule has 0 bridgehead atoms. The molecule has 86 valence electrons. The van der Waals surface area contributed by atoms with Crippen LogP contribution < -0.4 is 0 Å². The lowest BCUT2D eigenvalue weighted by Gasteiger charge is -2.15. The largest absolute Gasteiger partial charge is 0.466 e. The van der Waals surface area contributed by atoms with Gasteiger partial charge < -0.3 is 9.52 Å². The van der Waals surface area contributed by atoms with Crippen LogP contribution in [0.15, 0.2) is 34.9 Å². The van der Waals surface area contributed by atoms with Crippen molar-refractivity contribution in [3.8, 4) is 0 Å². The first-order chi connectivity index (χ1) is 7.48. The molecule has 2 rings (SSSR count). The molecule has 0 spiro atoms. The summed E-state index contributed by atoms with van der Waals surface area (Å²) in [6.45, 7) is 6.51. The lowest BCUT2D eigenvalue weighted by Crippen LogP contribution is -2.07. The second kappa shape index (κ2) is 4.07. The SMILES string of the molecule is CC(C)(C)c1ccc(C(O)c2ccco2)s1. The molecule has 0 aliphatic rings. The molecule has 3 heteroatoms. The van der Waals surface area contributed by atoms with Crippen LogP contribution in [0.5, 0.6) is 0 Å². The summed E-state index contributed by atoms with van der Waals surface area (Å²) >= 11 is 1.64. The third-order valence-electron chi connectivity index (χ3n) is 2.45. The van der Waals surface area contributed by atoms with Crippen molar-refractivity contribution in [1.82, 2.24) is 0 Å². The molecule has 2 nitrogen and oxygen atoms in total. The summed E-state index contributed by atoms with van der Waals surface area (Å²) in [5.74, 6) is 0.599. The van der Waals surface area contributed by atoms with Crippen LogP contribution in [0, 0.1) is 0 Å². The standard InChI is InChI=1S/C13H16O2S/c1-13(2,3)11-7-6-10(16-11)12(14)9-5-4-8-15-9/h4-8,12,14H,1-3H3. The molecule has 0 saturated heterocycles. The van der Waals surface area contributed by atoms with E-state index in [2.05, 4.69) is 26.8 Å². The van der Waals surface area contributed by atoms with Crippen LogP contribution in [0.3, 0.4) is 0 Å². The number of aliphatic hydroxyl groups is 1. The van der Waals surface area contributed by atoms with E-state index in [1.807, 2.05) is 6.07 Å². The summed E-state index contributed by atoms with van der Waals surface area (Å²) in [5.41, 5.74) is 0.131. The molecule has 0 aromatic carbocycles. The number of thiophene rings is 1. The van der Waals surface area contributed by atoms with Gasteiger partial charge in [-0.15, -0.1) is 11.3 Å². The summed E-state index contributed by atoms with van der Waals surface area (Å²) < 4.78 is 5.20. The quantitative estimate of drug-likeness (QED) is 0.862. The zero-order valence-electron chi connectivity index (χ0n) is 9.73. The van der Waals surface area contributed by atoms with E-state index < -0.39 is 6.10 Å². The van der Waals surface area contributed by atoms with E-state index in [9.17, 15) is 5.11 Å². The molecule has 0 saturated carbocycles. The molecule has 0 aliphatic heterocycles. The Morgan fingerprint density at radius 3 is 2.50 bits per heavy atom. The smallest absolute Gasteiger partial charge is 0.146 e. The molecule has 0 aliphatic carbocycles. The van der Waals surface area contributed by atoms with Gasteiger partial charge in [0, 0.05) is 9.75 Å². The van der Waals surface area contributed by atoms with Crippen molar-refractivity contribution >= 4 is 11.3 Å². The Hall–Kier alpha value is -1.06. The van der Waals surface area contributed by atoms with Crippen LogP contribution in [0.1, 0.15) is 42.4 Å².